The van der Waals surface area contributed by atoms with Crippen molar-refractivity contribution in [2.45, 2.75) is 23.1 Å². The predicted octanol–water partition coefficient (Wildman–Crippen LogP) is 2.27. The summed E-state index contributed by atoms with van der Waals surface area (Å²) in [5.41, 5.74) is 1.42. The van der Waals surface area contributed by atoms with Gasteiger partial charge in [-0.3, -0.25) is 0 Å². The molecule has 2 heterocycles. The van der Waals surface area contributed by atoms with Crippen LogP contribution in [0.4, 0.5) is 0 Å². The molecule has 1 unspecified atom stereocenters. The van der Waals surface area contributed by atoms with E-state index in [2.05, 4.69) is 15.0 Å². The van der Waals surface area contributed by atoms with Gasteiger partial charge in [0.05, 0.1) is 19.8 Å². The molecule has 8 heteroatoms. The monoisotopic (exact) mass is 319 g/mol. The Labute approximate surface area is 131 Å². The highest BCUT2D eigenvalue weighted by atomic mass is 32.2. The van der Waals surface area contributed by atoms with Crippen LogP contribution in [0.1, 0.15) is 28.9 Å². The van der Waals surface area contributed by atoms with Gasteiger partial charge in [-0.15, -0.1) is 4.98 Å². The third kappa shape index (κ3) is 2.57. The summed E-state index contributed by atoms with van der Waals surface area (Å²) in [6.07, 6.45) is -0.245. The van der Waals surface area contributed by atoms with Crippen molar-refractivity contribution in [1.82, 2.24) is 15.0 Å². The largest absolute Gasteiger partial charge is 0.467 e. The number of benzene rings is 1. The van der Waals surface area contributed by atoms with E-state index in [1.54, 1.807) is 0 Å². The van der Waals surface area contributed by atoms with E-state index in [4.69, 9.17) is 14.2 Å². The second-order valence-corrected chi connectivity index (χ2v) is 5.47. The summed E-state index contributed by atoms with van der Waals surface area (Å²) in [5, 5.41) is 0.379. The van der Waals surface area contributed by atoms with E-state index in [1.165, 1.54) is 26.0 Å². The molecule has 2 aromatic rings. The first kappa shape index (κ1) is 14.6. The van der Waals surface area contributed by atoms with Crippen molar-refractivity contribution in [2.24, 2.45) is 0 Å². The van der Waals surface area contributed by atoms with Gasteiger partial charge >= 0.3 is 18.0 Å². The van der Waals surface area contributed by atoms with Crippen molar-refractivity contribution in [3.05, 3.63) is 29.3 Å². The van der Waals surface area contributed by atoms with Gasteiger partial charge in [0, 0.05) is 10.5 Å². The molecule has 1 atom stereocenters. The minimum absolute atomic E-state index is 0.151. The van der Waals surface area contributed by atoms with Crippen molar-refractivity contribution in [1.29, 1.82) is 0 Å². The highest BCUT2D eigenvalue weighted by molar-refractivity contribution is 7.99. The zero-order valence-corrected chi connectivity index (χ0v) is 13.0. The summed E-state index contributed by atoms with van der Waals surface area (Å²) >= 11 is 1.23. The highest BCUT2D eigenvalue weighted by Gasteiger charge is 2.30. The highest BCUT2D eigenvalue weighted by Crippen LogP contribution is 2.38. The smallest absolute Gasteiger partial charge is 0.340 e. The van der Waals surface area contributed by atoms with E-state index >= 15 is 0 Å². The van der Waals surface area contributed by atoms with Crippen molar-refractivity contribution in [3.63, 3.8) is 0 Å². The lowest BCUT2D eigenvalue weighted by atomic mass is 10.1. The maximum atomic E-state index is 12.0. The first-order valence-corrected chi connectivity index (χ1v) is 7.30. The second-order valence-electron chi connectivity index (χ2n) is 4.46. The summed E-state index contributed by atoms with van der Waals surface area (Å²) < 4.78 is 15.3. The number of ether oxygens (including phenoxy) is 3. The molecular formula is C14H13N3O4S. The molecule has 0 bridgehead atoms. The Morgan fingerprint density at radius 3 is 2.45 bits per heavy atom. The molecule has 1 aliphatic rings. The lowest BCUT2D eigenvalue weighted by molar-refractivity contribution is 0.0419. The summed E-state index contributed by atoms with van der Waals surface area (Å²) in [4.78, 5) is 25.0. The second kappa shape index (κ2) is 5.80. The number of fused-ring (bicyclic) bond motifs is 1. The fraction of sp³-hybridized carbons (Fsp3) is 0.286. The van der Waals surface area contributed by atoms with Gasteiger partial charge in [0.15, 0.2) is 0 Å². The number of rotatable bonds is 4. The fourth-order valence-electron chi connectivity index (χ4n) is 2.12. The summed E-state index contributed by atoms with van der Waals surface area (Å²) in [6.45, 7) is 1.84. The Kier molecular flexibility index (Phi) is 3.84. The van der Waals surface area contributed by atoms with Crippen molar-refractivity contribution in [3.8, 4) is 12.0 Å². The van der Waals surface area contributed by atoms with Crippen molar-refractivity contribution >= 4 is 17.7 Å². The summed E-state index contributed by atoms with van der Waals surface area (Å²) in [7, 11) is 2.92. The Bertz CT molecular complexity index is 716. The van der Waals surface area contributed by atoms with Crippen molar-refractivity contribution in [2.75, 3.05) is 14.2 Å². The lowest BCUT2D eigenvalue weighted by Crippen LogP contribution is -2.01. The first-order chi connectivity index (χ1) is 10.6. The minimum Gasteiger partial charge on any atom is -0.467 e. The van der Waals surface area contributed by atoms with Gasteiger partial charge in [-0.25, -0.2) is 4.79 Å². The molecule has 1 aliphatic heterocycles. The molecule has 0 fully saturated rings. The molecule has 0 saturated heterocycles. The van der Waals surface area contributed by atoms with Gasteiger partial charge in [-0.2, -0.15) is 9.97 Å². The molecule has 22 heavy (non-hydrogen) atoms. The number of hydrogen-bond acceptors (Lipinski definition) is 8. The zero-order chi connectivity index (χ0) is 15.7. The third-order valence-corrected chi connectivity index (χ3v) is 4.05. The molecule has 0 N–H and O–H groups in total. The lowest BCUT2D eigenvalue weighted by Gasteiger charge is -2.07. The van der Waals surface area contributed by atoms with E-state index < -0.39 is 0 Å². The Morgan fingerprint density at radius 1 is 1.14 bits per heavy atom. The van der Waals surface area contributed by atoms with E-state index in [0.717, 1.165) is 10.5 Å². The molecule has 3 rings (SSSR count). The molecule has 1 aromatic heterocycles. The average molecular weight is 319 g/mol. The molecule has 0 saturated carbocycles. The molecule has 7 nitrogen and oxygen atoms in total. The number of esters is 1. The van der Waals surface area contributed by atoms with Crippen LogP contribution in [-0.4, -0.2) is 35.1 Å². The Morgan fingerprint density at radius 2 is 1.82 bits per heavy atom. The van der Waals surface area contributed by atoms with Crippen LogP contribution in [0.25, 0.3) is 0 Å². The topological polar surface area (TPSA) is 83.4 Å². The number of nitrogens with zero attached hydrogens (tertiary/aromatic N) is 3. The van der Waals surface area contributed by atoms with Crippen LogP contribution in [-0.2, 0) is 4.74 Å². The molecule has 0 radical (unpaired) electrons. The van der Waals surface area contributed by atoms with Crippen LogP contribution in [0.15, 0.2) is 28.3 Å². The fourth-order valence-corrected chi connectivity index (χ4v) is 3.01. The minimum atomic E-state index is -0.335. The third-order valence-electron chi connectivity index (χ3n) is 3.12. The van der Waals surface area contributed by atoms with Gasteiger partial charge in [-0.1, -0.05) is 12.1 Å². The number of methoxy groups -OCH3 is 2. The van der Waals surface area contributed by atoms with Crippen LogP contribution in [0, 0.1) is 0 Å². The summed E-state index contributed by atoms with van der Waals surface area (Å²) in [6, 6.07) is 5.88. The maximum absolute atomic E-state index is 12.0. The number of aromatic nitrogens is 3. The van der Waals surface area contributed by atoms with Crippen LogP contribution >= 0.6 is 11.8 Å². The summed E-state index contributed by atoms with van der Waals surface area (Å²) in [5.74, 6) is -0.335. The molecule has 0 aliphatic carbocycles. The maximum Gasteiger partial charge on any atom is 0.340 e. The SMILES string of the molecule is COc1nc(OC)nc(Sc2cccc3c2C(=O)OC3C)n1. The average Bonchev–Trinajstić information content (AvgIpc) is 2.82. The standard InChI is InChI=1S/C14H13N3O4S/c1-7-8-5-4-6-9(10(8)11(18)21-7)22-14-16-12(19-2)15-13(17-14)20-3/h4-7H,1-3H3. The Balaban J connectivity index is 2.00. The van der Waals surface area contributed by atoms with E-state index in [9.17, 15) is 4.79 Å². The number of cyclic esters (lactones) is 1. The van der Waals surface area contributed by atoms with E-state index in [-0.39, 0.29) is 24.1 Å². The van der Waals surface area contributed by atoms with Crippen LogP contribution in [0.5, 0.6) is 12.0 Å². The molecule has 0 spiro atoms. The van der Waals surface area contributed by atoms with Gasteiger partial charge in [-0.05, 0) is 24.8 Å². The van der Waals surface area contributed by atoms with Crippen LogP contribution in [0.2, 0.25) is 0 Å². The zero-order valence-electron chi connectivity index (χ0n) is 12.2. The van der Waals surface area contributed by atoms with E-state index in [1.807, 2.05) is 25.1 Å². The van der Waals surface area contributed by atoms with Gasteiger partial charge < -0.3 is 14.2 Å². The first-order valence-electron chi connectivity index (χ1n) is 6.48. The quantitative estimate of drug-likeness (QED) is 0.794. The van der Waals surface area contributed by atoms with Gasteiger partial charge in [0.1, 0.15) is 6.10 Å². The normalized spacial score (nSPS) is 16.1. The molecule has 0 amide bonds. The van der Waals surface area contributed by atoms with Gasteiger partial charge in [0.25, 0.3) is 0 Å². The number of hydrogen-bond donors (Lipinski definition) is 0. The predicted molar refractivity (Wildman–Crippen MR) is 77.3 cm³/mol. The van der Waals surface area contributed by atoms with Gasteiger partial charge in [0.2, 0.25) is 5.16 Å². The number of carbonyl (C=O) groups is 1. The van der Waals surface area contributed by atoms with Crippen LogP contribution in [0.3, 0.4) is 0 Å². The molecule has 114 valence electrons. The van der Waals surface area contributed by atoms with E-state index in [0.29, 0.717) is 10.7 Å². The molecular weight excluding hydrogens is 306 g/mol. The van der Waals surface area contributed by atoms with Crippen LogP contribution < -0.4 is 9.47 Å². The Hall–Kier alpha value is -2.35. The van der Waals surface area contributed by atoms with Crippen molar-refractivity contribution < 1.29 is 19.0 Å². The molecule has 1 aromatic carbocycles. The number of carbonyl (C=O) groups excluding carboxylic acids is 1.